The van der Waals surface area contributed by atoms with Crippen molar-refractivity contribution in [3.05, 3.63) is 77.7 Å². The van der Waals surface area contributed by atoms with Gasteiger partial charge in [-0.25, -0.2) is 4.68 Å². The Kier molecular flexibility index (Phi) is 4.36. The average molecular weight is 440 g/mol. The number of nitrogens with zero attached hydrogens (tertiary/aromatic N) is 5. The fraction of sp³-hybridized carbons (Fsp3) is 0.208. The number of fused-ring (bicyclic) bond motifs is 2. The highest BCUT2D eigenvalue weighted by atomic mass is 16.2. The summed E-state index contributed by atoms with van der Waals surface area (Å²) in [7, 11) is 0. The maximum atomic E-state index is 12.9. The van der Waals surface area contributed by atoms with Crippen molar-refractivity contribution in [1.82, 2.24) is 29.8 Å². The lowest BCUT2D eigenvalue weighted by Crippen LogP contribution is -2.52. The van der Waals surface area contributed by atoms with E-state index in [1.165, 1.54) is 5.39 Å². The summed E-state index contributed by atoms with van der Waals surface area (Å²) in [5.41, 5.74) is 4.15. The zero-order valence-corrected chi connectivity index (χ0v) is 17.6. The standard InChI is InChI=1S/C24H20N6O3/c31-22-8-7-21(23(32)25-22)29-12-16-11-18(5-6-19(16)24(29)33)30-14-17(26-27-30)13-28-10-9-15-3-1-2-4-20(15)28/h1-6,9-11,14,21H,7-8,12-13H2,(H,25,31,32). The Balaban J connectivity index is 1.23. The second-order valence-electron chi connectivity index (χ2n) is 8.40. The number of hydrogen-bond acceptors (Lipinski definition) is 5. The van der Waals surface area contributed by atoms with E-state index in [1.807, 2.05) is 36.7 Å². The predicted molar refractivity (Wildman–Crippen MR) is 118 cm³/mol. The van der Waals surface area contributed by atoms with E-state index in [1.54, 1.807) is 15.6 Å². The number of rotatable bonds is 4. The Morgan fingerprint density at radius 2 is 1.94 bits per heavy atom. The van der Waals surface area contributed by atoms with E-state index in [9.17, 15) is 14.4 Å². The summed E-state index contributed by atoms with van der Waals surface area (Å²) in [6.07, 6.45) is 4.50. The first-order valence-corrected chi connectivity index (χ1v) is 10.8. The van der Waals surface area contributed by atoms with Gasteiger partial charge in [-0.15, -0.1) is 5.10 Å². The Labute approximate surface area is 188 Å². The van der Waals surface area contributed by atoms with Crippen molar-refractivity contribution in [3.63, 3.8) is 0 Å². The summed E-state index contributed by atoms with van der Waals surface area (Å²) in [5, 5.41) is 12.1. The van der Waals surface area contributed by atoms with Gasteiger partial charge in [-0.05, 0) is 47.7 Å². The van der Waals surface area contributed by atoms with Crippen LogP contribution < -0.4 is 5.32 Å². The molecule has 0 bridgehead atoms. The minimum Gasteiger partial charge on any atom is -0.341 e. The largest absolute Gasteiger partial charge is 0.341 e. The van der Waals surface area contributed by atoms with Gasteiger partial charge < -0.3 is 9.47 Å². The summed E-state index contributed by atoms with van der Waals surface area (Å²) in [6, 6.07) is 15.1. The summed E-state index contributed by atoms with van der Waals surface area (Å²) in [5.74, 6) is -0.895. The minimum atomic E-state index is -0.625. The monoisotopic (exact) mass is 440 g/mol. The van der Waals surface area contributed by atoms with Crippen molar-refractivity contribution in [2.75, 3.05) is 0 Å². The van der Waals surface area contributed by atoms with E-state index < -0.39 is 11.9 Å². The van der Waals surface area contributed by atoms with Gasteiger partial charge in [0.2, 0.25) is 11.8 Å². The van der Waals surface area contributed by atoms with Crippen molar-refractivity contribution < 1.29 is 14.4 Å². The van der Waals surface area contributed by atoms with Crippen LogP contribution in [0.2, 0.25) is 0 Å². The van der Waals surface area contributed by atoms with Gasteiger partial charge in [0, 0.05) is 30.2 Å². The highest BCUT2D eigenvalue weighted by Crippen LogP contribution is 2.29. The Morgan fingerprint density at radius 3 is 2.82 bits per heavy atom. The molecule has 1 unspecified atom stereocenters. The molecule has 0 radical (unpaired) electrons. The number of carbonyl (C=O) groups is 3. The topological polar surface area (TPSA) is 102 Å². The third-order valence-electron chi connectivity index (χ3n) is 6.33. The number of para-hydroxylation sites is 1. The molecule has 1 N–H and O–H groups in total. The maximum Gasteiger partial charge on any atom is 0.255 e. The molecule has 1 atom stereocenters. The zero-order chi connectivity index (χ0) is 22.5. The van der Waals surface area contributed by atoms with E-state index in [0.29, 0.717) is 25.1 Å². The second-order valence-corrected chi connectivity index (χ2v) is 8.40. The first-order chi connectivity index (χ1) is 16.1. The molecule has 6 rings (SSSR count). The van der Waals surface area contributed by atoms with Gasteiger partial charge in [0.05, 0.1) is 18.4 Å². The van der Waals surface area contributed by atoms with Gasteiger partial charge in [0.1, 0.15) is 11.7 Å². The Hall–Kier alpha value is -4.27. The van der Waals surface area contributed by atoms with Crippen LogP contribution in [0.4, 0.5) is 0 Å². The minimum absolute atomic E-state index is 0.190. The summed E-state index contributed by atoms with van der Waals surface area (Å²) >= 11 is 0. The van der Waals surface area contributed by atoms with Gasteiger partial charge in [-0.3, -0.25) is 19.7 Å². The van der Waals surface area contributed by atoms with Gasteiger partial charge >= 0.3 is 0 Å². The number of nitrogens with one attached hydrogen (secondary N) is 1. The molecule has 0 spiro atoms. The summed E-state index contributed by atoms with van der Waals surface area (Å²) < 4.78 is 3.82. The lowest BCUT2D eigenvalue weighted by molar-refractivity contribution is -0.136. The smallest absolute Gasteiger partial charge is 0.255 e. The van der Waals surface area contributed by atoms with Crippen LogP contribution in [0.15, 0.2) is 60.9 Å². The van der Waals surface area contributed by atoms with Gasteiger partial charge in [-0.2, -0.15) is 0 Å². The number of hydrogen-bond donors (Lipinski definition) is 1. The lowest BCUT2D eigenvalue weighted by Gasteiger charge is -2.29. The van der Waals surface area contributed by atoms with Crippen LogP contribution in [-0.2, 0) is 22.7 Å². The Morgan fingerprint density at radius 1 is 1.06 bits per heavy atom. The first-order valence-electron chi connectivity index (χ1n) is 10.8. The van der Waals surface area contributed by atoms with E-state index >= 15 is 0 Å². The fourth-order valence-corrected chi connectivity index (χ4v) is 4.65. The highest BCUT2D eigenvalue weighted by molar-refractivity contribution is 6.05. The van der Waals surface area contributed by atoms with Crippen LogP contribution in [-0.4, -0.2) is 48.2 Å². The molecular formula is C24H20N6O3. The molecule has 3 amide bonds. The third kappa shape index (κ3) is 3.29. The molecule has 4 heterocycles. The normalized spacial score (nSPS) is 18.1. The molecule has 2 aromatic carbocycles. The van der Waals surface area contributed by atoms with Crippen LogP contribution in [0.5, 0.6) is 0 Å². The van der Waals surface area contributed by atoms with E-state index in [-0.39, 0.29) is 18.2 Å². The summed E-state index contributed by atoms with van der Waals surface area (Å²) in [4.78, 5) is 38.1. The van der Waals surface area contributed by atoms with Gasteiger partial charge in [-0.1, -0.05) is 23.4 Å². The molecule has 0 aliphatic carbocycles. The number of aromatic nitrogens is 4. The van der Waals surface area contributed by atoms with Crippen LogP contribution in [0.1, 0.15) is 34.5 Å². The molecule has 1 fully saturated rings. The van der Waals surface area contributed by atoms with E-state index in [2.05, 4.69) is 38.4 Å². The van der Waals surface area contributed by atoms with Crippen LogP contribution in [0.3, 0.4) is 0 Å². The van der Waals surface area contributed by atoms with Crippen molar-refractivity contribution in [2.45, 2.75) is 32.0 Å². The van der Waals surface area contributed by atoms with Crippen LogP contribution in [0.25, 0.3) is 16.6 Å². The average Bonchev–Trinajstić information content (AvgIpc) is 3.52. The van der Waals surface area contributed by atoms with E-state index in [0.717, 1.165) is 22.5 Å². The number of piperidine rings is 1. The number of imide groups is 1. The van der Waals surface area contributed by atoms with Crippen LogP contribution >= 0.6 is 0 Å². The van der Waals surface area contributed by atoms with Crippen molar-refractivity contribution in [3.8, 4) is 5.69 Å². The predicted octanol–water partition coefficient (Wildman–Crippen LogP) is 2.03. The van der Waals surface area contributed by atoms with Gasteiger partial charge in [0.25, 0.3) is 5.91 Å². The molecule has 1 saturated heterocycles. The Bertz CT molecular complexity index is 1440. The first kappa shape index (κ1) is 19.4. The van der Waals surface area contributed by atoms with Crippen molar-refractivity contribution in [1.29, 1.82) is 0 Å². The molecule has 0 saturated carbocycles. The van der Waals surface area contributed by atoms with Crippen molar-refractivity contribution >= 4 is 28.6 Å². The molecule has 164 valence electrons. The second kappa shape index (κ2) is 7.40. The summed E-state index contributed by atoms with van der Waals surface area (Å²) in [6.45, 7) is 0.922. The maximum absolute atomic E-state index is 12.9. The van der Waals surface area contributed by atoms with E-state index in [4.69, 9.17) is 0 Å². The molecule has 2 aliphatic heterocycles. The number of benzene rings is 2. The third-order valence-corrected chi connectivity index (χ3v) is 6.33. The van der Waals surface area contributed by atoms with Gasteiger partial charge in [0.15, 0.2) is 0 Å². The molecular weight excluding hydrogens is 420 g/mol. The molecule has 2 aromatic heterocycles. The molecule has 9 nitrogen and oxygen atoms in total. The molecule has 33 heavy (non-hydrogen) atoms. The quantitative estimate of drug-likeness (QED) is 0.489. The fourth-order valence-electron chi connectivity index (χ4n) is 4.65. The van der Waals surface area contributed by atoms with Crippen molar-refractivity contribution in [2.24, 2.45) is 0 Å². The number of carbonyl (C=O) groups excluding carboxylic acids is 3. The molecule has 2 aliphatic rings. The highest BCUT2D eigenvalue weighted by Gasteiger charge is 2.39. The zero-order valence-electron chi connectivity index (χ0n) is 17.6. The molecule has 4 aromatic rings. The number of amides is 3. The SMILES string of the molecule is O=C1CCC(N2Cc3cc(-n4cc(Cn5ccc6ccccc65)nn4)ccc3C2=O)C(=O)N1. The molecule has 9 heteroatoms. The van der Waals surface area contributed by atoms with Crippen LogP contribution in [0, 0.1) is 0 Å². The lowest BCUT2D eigenvalue weighted by atomic mass is 10.0.